The number of anilines is 1. The molecule has 10 heteroatoms. The Morgan fingerprint density at radius 1 is 1.06 bits per heavy atom. The van der Waals surface area contributed by atoms with Gasteiger partial charge < -0.3 is 19.1 Å². The van der Waals surface area contributed by atoms with Crippen molar-refractivity contribution in [2.24, 2.45) is 0 Å². The second-order valence-corrected chi connectivity index (χ2v) is 9.69. The molecule has 0 fully saturated rings. The van der Waals surface area contributed by atoms with Crippen LogP contribution in [0.3, 0.4) is 0 Å². The van der Waals surface area contributed by atoms with Gasteiger partial charge in [0.1, 0.15) is 5.75 Å². The van der Waals surface area contributed by atoms with Crippen molar-refractivity contribution in [1.82, 2.24) is 4.90 Å². The van der Waals surface area contributed by atoms with E-state index in [2.05, 4.69) is 4.72 Å². The van der Waals surface area contributed by atoms with Crippen LogP contribution in [-0.2, 0) is 27.9 Å². The number of carbonyl (C=O) groups is 1. The normalized spacial score (nSPS) is 13.5. The Hall–Kier alpha value is -3.43. The van der Waals surface area contributed by atoms with Gasteiger partial charge in [0.15, 0.2) is 18.1 Å². The summed E-state index contributed by atoms with van der Waals surface area (Å²) in [5.74, 6) is 1.43. The number of nitrogens with one attached hydrogen (secondary N) is 1. The highest BCUT2D eigenvalue weighted by atomic mass is 35.5. The minimum absolute atomic E-state index is 0.0880. The molecular formula is C24H23ClN2O6S. The monoisotopic (exact) mass is 502 g/mol. The number of ether oxygens (including phenoxy) is 3. The summed E-state index contributed by atoms with van der Waals surface area (Å²) in [6.45, 7) is 0.364. The zero-order valence-corrected chi connectivity index (χ0v) is 20.2. The predicted octanol–water partition coefficient (Wildman–Crippen LogP) is 4.08. The molecule has 3 aromatic carbocycles. The molecule has 4 rings (SSSR count). The van der Waals surface area contributed by atoms with E-state index in [1.54, 1.807) is 43.4 Å². The highest BCUT2D eigenvalue weighted by Gasteiger charge is 2.24. The van der Waals surface area contributed by atoms with Gasteiger partial charge in [0.05, 0.1) is 19.1 Å². The van der Waals surface area contributed by atoms with Gasteiger partial charge in [-0.15, -0.1) is 0 Å². The molecule has 0 aliphatic carbocycles. The van der Waals surface area contributed by atoms with E-state index in [0.717, 1.165) is 5.56 Å². The third kappa shape index (κ3) is 5.05. The van der Waals surface area contributed by atoms with Crippen molar-refractivity contribution in [2.45, 2.75) is 18.0 Å². The van der Waals surface area contributed by atoms with Crippen LogP contribution in [0.15, 0.2) is 65.6 Å². The van der Waals surface area contributed by atoms with E-state index in [1.165, 1.54) is 24.3 Å². The average molecular weight is 503 g/mol. The molecule has 0 spiro atoms. The first-order valence-electron chi connectivity index (χ1n) is 10.3. The van der Waals surface area contributed by atoms with Gasteiger partial charge in [-0.25, -0.2) is 8.42 Å². The standard InChI is InChI=1S/C24H23ClN2O6S/c1-31-22-5-3-4-16(24(22)32-2)13-27-14-17-12-19(8-11-21(17)33-15-23(27)28)26-34(29,30)20-9-6-18(25)7-10-20/h3-12,26H,13-15H2,1-2H3. The van der Waals surface area contributed by atoms with Crippen LogP contribution in [0.25, 0.3) is 0 Å². The quantitative estimate of drug-likeness (QED) is 0.523. The second kappa shape index (κ2) is 9.82. The third-order valence-corrected chi connectivity index (χ3v) is 7.00. The van der Waals surface area contributed by atoms with Crippen LogP contribution >= 0.6 is 11.6 Å². The summed E-state index contributed by atoms with van der Waals surface area (Å²) >= 11 is 5.86. The first kappa shape index (κ1) is 23.7. The minimum Gasteiger partial charge on any atom is -0.493 e. The van der Waals surface area contributed by atoms with Crippen LogP contribution in [0.1, 0.15) is 11.1 Å². The minimum atomic E-state index is -3.82. The fourth-order valence-corrected chi connectivity index (χ4v) is 4.86. The van der Waals surface area contributed by atoms with E-state index in [4.69, 9.17) is 25.8 Å². The number of amides is 1. The summed E-state index contributed by atoms with van der Waals surface area (Å²) in [6, 6.07) is 16.3. The van der Waals surface area contributed by atoms with Crippen LogP contribution < -0.4 is 18.9 Å². The van der Waals surface area contributed by atoms with Gasteiger partial charge in [0.25, 0.3) is 15.9 Å². The van der Waals surface area contributed by atoms with E-state index in [1.807, 2.05) is 12.1 Å². The maximum atomic E-state index is 12.8. The van der Waals surface area contributed by atoms with E-state index in [9.17, 15) is 13.2 Å². The van der Waals surface area contributed by atoms with Crippen molar-refractivity contribution in [3.8, 4) is 17.2 Å². The molecule has 0 bridgehead atoms. The van der Waals surface area contributed by atoms with Crippen molar-refractivity contribution in [3.05, 3.63) is 76.8 Å². The number of carbonyl (C=O) groups excluding carboxylic acids is 1. The topological polar surface area (TPSA) is 94.2 Å². The summed E-state index contributed by atoms with van der Waals surface area (Å²) in [5, 5.41) is 0.443. The predicted molar refractivity (Wildman–Crippen MR) is 128 cm³/mol. The summed E-state index contributed by atoms with van der Waals surface area (Å²) in [7, 11) is -0.720. The smallest absolute Gasteiger partial charge is 0.261 e. The molecule has 0 unspecified atom stereocenters. The van der Waals surface area contributed by atoms with E-state index in [-0.39, 0.29) is 30.5 Å². The zero-order valence-electron chi connectivity index (χ0n) is 18.6. The molecule has 1 N–H and O–H groups in total. The van der Waals surface area contributed by atoms with Crippen LogP contribution in [0.4, 0.5) is 5.69 Å². The Kier molecular flexibility index (Phi) is 6.85. The summed E-state index contributed by atoms with van der Waals surface area (Å²) in [5.41, 5.74) is 1.80. The van der Waals surface area contributed by atoms with Crippen molar-refractivity contribution in [2.75, 3.05) is 25.5 Å². The molecule has 178 valence electrons. The Balaban J connectivity index is 1.59. The van der Waals surface area contributed by atoms with Gasteiger partial charge >= 0.3 is 0 Å². The lowest BCUT2D eigenvalue weighted by Crippen LogP contribution is -2.32. The molecule has 0 atom stereocenters. The first-order chi connectivity index (χ1) is 16.3. The molecule has 0 aromatic heterocycles. The van der Waals surface area contributed by atoms with Gasteiger partial charge in [-0.2, -0.15) is 0 Å². The van der Waals surface area contributed by atoms with E-state index in [0.29, 0.717) is 33.5 Å². The summed E-state index contributed by atoms with van der Waals surface area (Å²) < 4.78 is 44.6. The van der Waals surface area contributed by atoms with Gasteiger partial charge in [-0.3, -0.25) is 9.52 Å². The molecule has 8 nitrogen and oxygen atoms in total. The highest BCUT2D eigenvalue weighted by molar-refractivity contribution is 7.92. The second-order valence-electron chi connectivity index (χ2n) is 7.57. The summed E-state index contributed by atoms with van der Waals surface area (Å²) in [4.78, 5) is 14.5. The average Bonchev–Trinajstić information content (AvgIpc) is 2.97. The number of halogens is 1. The molecule has 1 amide bonds. The molecular weight excluding hydrogens is 480 g/mol. The number of benzene rings is 3. The third-order valence-electron chi connectivity index (χ3n) is 5.35. The fourth-order valence-electron chi connectivity index (χ4n) is 3.69. The van der Waals surface area contributed by atoms with Crippen LogP contribution in [-0.4, -0.2) is 40.1 Å². The first-order valence-corrected chi connectivity index (χ1v) is 12.2. The molecule has 1 heterocycles. The number of hydrogen-bond donors (Lipinski definition) is 1. The number of hydrogen-bond acceptors (Lipinski definition) is 6. The Morgan fingerprint density at radius 3 is 2.53 bits per heavy atom. The van der Waals surface area contributed by atoms with Crippen molar-refractivity contribution >= 4 is 33.2 Å². The lowest BCUT2D eigenvalue weighted by Gasteiger charge is -2.22. The summed E-state index contributed by atoms with van der Waals surface area (Å²) in [6.07, 6.45) is 0. The van der Waals surface area contributed by atoms with E-state index >= 15 is 0 Å². The van der Waals surface area contributed by atoms with Crippen molar-refractivity contribution in [3.63, 3.8) is 0 Å². The molecule has 0 saturated carbocycles. The van der Waals surface area contributed by atoms with Crippen LogP contribution in [0.5, 0.6) is 17.2 Å². The van der Waals surface area contributed by atoms with E-state index < -0.39 is 10.0 Å². The highest BCUT2D eigenvalue weighted by Crippen LogP contribution is 2.33. The number of para-hydroxylation sites is 1. The largest absolute Gasteiger partial charge is 0.493 e. The molecule has 34 heavy (non-hydrogen) atoms. The molecule has 0 radical (unpaired) electrons. The zero-order chi connectivity index (χ0) is 24.3. The van der Waals surface area contributed by atoms with Gasteiger partial charge in [0.2, 0.25) is 0 Å². The molecule has 0 saturated heterocycles. The SMILES string of the molecule is COc1cccc(CN2Cc3cc(NS(=O)(=O)c4ccc(Cl)cc4)ccc3OCC2=O)c1OC. The van der Waals surface area contributed by atoms with Crippen molar-refractivity contribution < 1.29 is 27.4 Å². The Labute approximate surface area is 203 Å². The van der Waals surface area contributed by atoms with Crippen molar-refractivity contribution in [1.29, 1.82) is 0 Å². The maximum Gasteiger partial charge on any atom is 0.261 e. The molecule has 1 aliphatic rings. The number of sulfonamides is 1. The molecule has 3 aromatic rings. The number of rotatable bonds is 7. The fraction of sp³-hybridized carbons (Fsp3) is 0.208. The number of nitrogens with zero attached hydrogens (tertiary/aromatic N) is 1. The van der Waals surface area contributed by atoms with Gasteiger partial charge in [0, 0.05) is 34.9 Å². The van der Waals surface area contributed by atoms with Gasteiger partial charge in [-0.1, -0.05) is 23.7 Å². The van der Waals surface area contributed by atoms with Crippen LogP contribution in [0, 0.1) is 0 Å². The van der Waals surface area contributed by atoms with Gasteiger partial charge in [-0.05, 0) is 48.5 Å². The molecule has 1 aliphatic heterocycles. The Bertz CT molecular complexity index is 1310. The van der Waals surface area contributed by atoms with Crippen LogP contribution in [0.2, 0.25) is 5.02 Å². The maximum absolute atomic E-state index is 12.8. The lowest BCUT2D eigenvalue weighted by molar-refractivity contribution is -0.133. The lowest BCUT2D eigenvalue weighted by atomic mass is 10.1. The number of methoxy groups -OCH3 is 2. The Morgan fingerprint density at radius 2 is 1.82 bits per heavy atom. The number of fused-ring (bicyclic) bond motifs is 1.